The highest BCUT2D eigenvalue weighted by atomic mass is 16.5. The van der Waals surface area contributed by atoms with Crippen molar-refractivity contribution in [2.24, 2.45) is 5.92 Å². The van der Waals surface area contributed by atoms with Crippen molar-refractivity contribution < 1.29 is 14.1 Å². The molecule has 0 spiro atoms. The average Bonchev–Trinajstić information content (AvgIpc) is 3.39. The molecule has 3 heterocycles. The van der Waals surface area contributed by atoms with Gasteiger partial charge < -0.3 is 20.1 Å². The maximum Gasteiger partial charge on any atom is 0.237 e. The van der Waals surface area contributed by atoms with Crippen molar-refractivity contribution in [3.05, 3.63) is 11.7 Å². The molecule has 156 valence electrons. The number of rotatable bonds is 9. The molecule has 8 nitrogen and oxygen atoms in total. The fraction of sp³-hybridized carbons (Fsp3) is 0.800. The Hall–Kier alpha value is -1.96. The third kappa shape index (κ3) is 6.02. The van der Waals surface area contributed by atoms with Gasteiger partial charge in [0.25, 0.3) is 0 Å². The first kappa shape index (κ1) is 20.8. The van der Waals surface area contributed by atoms with Crippen LogP contribution >= 0.6 is 0 Å². The molecule has 3 rings (SSSR count). The lowest BCUT2D eigenvalue weighted by molar-refractivity contribution is -0.133. The lowest BCUT2D eigenvalue weighted by Crippen LogP contribution is -2.46. The smallest absolute Gasteiger partial charge is 0.237 e. The van der Waals surface area contributed by atoms with Crippen LogP contribution in [0.15, 0.2) is 4.52 Å². The van der Waals surface area contributed by atoms with Crippen LogP contribution in [0.4, 0.5) is 0 Å². The largest absolute Gasteiger partial charge is 0.354 e. The molecule has 2 saturated heterocycles. The van der Waals surface area contributed by atoms with Crippen molar-refractivity contribution >= 4 is 11.8 Å². The predicted molar refractivity (Wildman–Crippen MR) is 105 cm³/mol. The summed E-state index contributed by atoms with van der Waals surface area (Å²) < 4.78 is 5.23. The minimum Gasteiger partial charge on any atom is -0.354 e. The van der Waals surface area contributed by atoms with E-state index < -0.39 is 0 Å². The van der Waals surface area contributed by atoms with Crippen molar-refractivity contribution in [3.63, 3.8) is 0 Å². The van der Waals surface area contributed by atoms with E-state index in [9.17, 15) is 9.59 Å². The Balaban J connectivity index is 1.35. The molecule has 2 aliphatic heterocycles. The normalized spacial score (nSPS) is 22.4. The van der Waals surface area contributed by atoms with Gasteiger partial charge in [0.1, 0.15) is 0 Å². The summed E-state index contributed by atoms with van der Waals surface area (Å²) in [4.78, 5) is 31.0. The van der Waals surface area contributed by atoms with Gasteiger partial charge in [0, 0.05) is 38.9 Å². The van der Waals surface area contributed by atoms with Crippen LogP contribution < -0.4 is 10.6 Å². The molecule has 1 aromatic heterocycles. The molecule has 2 unspecified atom stereocenters. The summed E-state index contributed by atoms with van der Waals surface area (Å²) in [6.45, 7) is 5.21. The molecular formula is C20H33N5O3. The number of likely N-dealkylation sites (tertiary alicyclic amines) is 1. The Morgan fingerprint density at radius 1 is 1.29 bits per heavy atom. The number of carbonyl (C=O) groups excluding carboxylic acids is 2. The summed E-state index contributed by atoms with van der Waals surface area (Å²) in [6, 6.07) is -0.0381. The Labute approximate surface area is 166 Å². The quantitative estimate of drug-likeness (QED) is 0.661. The number of piperidine rings is 1. The Kier molecular flexibility index (Phi) is 7.82. The Morgan fingerprint density at radius 2 is 2.18 bits per heavy atom. The highest BCUT2D eigenvalue weighted by Gasteiger charge is 2.26. The van der Waals surface area contributed by atoms with E-state index in [-0.39, 0.29) is 17.9 Å². The fourth-order valence-electron chi connectivity index (χ4n) is 4.00. The SMILES string of the molecule is CCCc1noc(CCCC(=O)N2CCCC(CNC(=O)C3CCCN3)C2)n1. The van der Waals surface area contributed by atoms with E-state index in [2.05, 4.69) is 27.7 Å². The number of hydrogen-bond donors (Lipinski definition) is 2. The second-order valence-electron chi connectivity index (χ2n) is 7.95. The van der Waals surface area contributed by atoms with Crippen LogP contribution in [0.25, 0.3) is 0 Å². The first-order chi connectivity index (χ1) is 13.7. The molecule has 1 aromatic rings. The molecule has 2 N–H and O–H groups in total. The Morgan fingerprint density at radius 3 is 2.96 bits per heavy atom. The second kappa shape index (κ2) is 10.5. The summed E-state index contributed by atoms with van der Waals surface area (Å²) in [5.74, 6) is 1.99. The van der Waals surface area contributed by atoms with Crippen molar-refractivity contribution in [1.82, 2.24) is 25.7 Å². The van der Waals surface area contributed by atoms with Gasteiger partial charge in [0.2, 0.25) is 17.7 Å². The maximum atomic E-state index is 12.6. The molecule has 2 fully saturated rings. The van der Waals surface area contributed by atoms with Gasteiger partial charge in [-0.25, -0.2) is 0 Å². The highest BCUT2D eigenvalue weighted by molar-refractivity contribution is 5.82. The number of amides is 2. The lowest BCUT2D eigenvalue weighted by Gasteiger charge is -2.33. The van der Waals surface area contributed by atoms with Gasteiger partial charge >= 0.3 is 0 Å². The third-order valence-corrected chi connectivity index (χ3v) is 5.58. The van der Waals surface area contributed by atoms with Crippen LogP contribution in [0.5, 0.6) is 0 Å². The van der Waals surface area contributed by atoms with Crippen LogP contribution in [0.3, 0.4) is 0 Å². The van der Waals surface area contributed by atoms with Crippen molar-refractivity contribution in [3.8, 4) is 0 Å². The standard InChI is InChI=1S/C20H33N5O3/c1-2-6-17-23-18(28-24-17)9-3-10-19(26)25-12-5-7-15(14-25)13-22-20(27)16-8-4-11-21-16/h15-16,21H,2-14H2,1H3,(H,22,27). The fourth-order valence-corrected chi connectivity index (χ4v) is 4.00. The molecule has 28 heavy (non-hydrogen) atoms. The summed E-state index contributed by atoms with van der Waals surface area (Å²) in [7, 11) is 0. The summed E-state index contributed by atoms with van der Waals surface area (Å²) in [6.07, 6.45) is 7.71. The molecule has 0 aliphatic carbocycles. The number of aromatic nitrogens is 2. The van der Waals surface area contributed by atoms with E-state index in [1.165, 1.54) is 0 Å². The first-order valence-corrected chi connectivity index (χ1v) is 10.8. The molecule has 0 bridgehead atoms. The van der Waals surface area contributed by atoms with Crippen LogP contribution in [-0.2, 0) is 22.4 Å². The van der Waals surface area contributed by atoms with Gasteiger partial charge in [-0.05, 0) is 51.0 Å². The monoisotopic (exact) mass is 391 g/mol. The summed E-state index contributed by atoms with van der Waals surface area (Å²) in [5.41, 5.74) is 0. The second-order valence-corrected chi connectivity index (χ2v) is 7.95. The number of nitrogens with one attached hydrogen (secondary N) is 2. The third-order valence-electron chi connectivity index (χ3n) is 5.58. The van der Waals surface area contributed by atoms with Gasteiger partial charge in [-0.15, -0.1) is 0 Å². The number of nitrogens with zero attached hydrogens (tertiary/aromatic N) is 3. The first-order valence-electron chi connectivity index (χ1n) is 10.8. The topological polar surface area (TPSA) is 100 Å². The van der Waals surface area contributed by atoms with Gasteiger partial charge in [-0.1, -0.05) is 12.1 Å². The van der Waals surface area contributed by atoms with Crippen LogP contribution in [-0.4, -0.2) is 59.1 Å². The van der Waals surface area contributed by atoms with Crippen molar-refractivity contribution in [2.75, 3.05) is 26.2 Å². The molecule has 2 amide bonds. The summed E-state index contributed by atoms with van der Waals surface area (Å²) in [5, 5.41) is 10.2. The zero-order valence-electron chi connectivity index (χ0n) is 16.9. The highest BCUT2D eigenvalue weighted by Crippen LogP contribution is 2.18. The van der Waals surface area contributed by atoms with E-state index in [1.54, 1.807) is 0 Å². The maximum absolute atomic E-state index is 12.6. The Bertz CT molecular complexity index is 642. The number of aryl methyl sites for hydroxylation is 2. The zero-order chi connectivity index (χ0) is 19.8. The number of hydrogen-bond acceptors (Lipinski definition) is 6. The molecule has 2 atom stereocenters. The van der Waals surface area contributed by atoms with Crippen LogP contribution in [0.1, 0.15) is 63.6 Å². The molecule has 8 heteroatoms. The van der Waals surface area contributed by atoms with Gasteiger partial charge in [0.15, 0.2) is 5.82 Å². The molecule has 0 aromatic carbocycles. The molecule has 2 aliphatic rings. The minimum atomic E-state index is -0.0381. The van der Waals surface area contributed by atoms with Crippen LogP contribution in [0.2, 0.25) is 0 Å². The predicted octanol–water partition coefficient (Wildman–Crippen LogP) is 1.45. The van der Waals surface area contributed by atoms with Crippen molar-refractivity contribution in [2.45, 2.75) is 70.8 Å². The van der Waals surface area contributed by atoms with Crippen molar-refractivity contribution in [1.29, 1.82) is 0 Å². The van der Waals surface area contributed by atoms with Gasteiger partial charge in [-0.3, -0.25) is 9.59 Å². The van der Waals surface area contributed by atoms with Gasteiger partial charge in [0.05, 0.1) is 6.04 Å². The van der Waals surface area contributed by atoms with E-state index >= 15 is 0 Å². The minimum absolute atomic E-state index is 0.0381. The summed E-state index contributed by atoms with van der Waals surface area (Å²) >= 11 is 0. The zero-order valence-corrected chi connectivity index (χ0v) is 16.9. The van der Waals surface area contributed by atoms with E-state index in [1.807, 2.05) is 4.90 Å². The van der Waals surface area contributed by atoms with E-state index in [4.69, 9.17) is 4.52 Å². The molecule has 0 radical (unpaired) electrons. The van der Waals surface area contributed by atoms with E-state index in [0.29, 0.717) is 31.2 Å². The number of carbonyl (C=O) groups is 2. The van der Waals surface area contributed by atoms with E-state index in [0.717, 1.165) is 70.4 Å². The lowest BCUT2D eigenvalue weighted by atomic mass is 9.97. The van der Waals surface area contributed by atoms with Gasteiger partial charge in [-0.2, -0.15) is 4.98 Å². The average molecular weight is 392 g/mol. The van der Waals surface area contributed by atoms with Crippen LogP contribution in [0, 0.1) is 5.92 Å². The molecular weight excluding hydrogens is 358 g/mol. The molecule has 0 saturated carbocycles.